The summed E-state index contributed by atoms with van der Waals surface area (Å²) in [5.41, 5.74) is 0. The molecule has 0 saturated heterocycles. The summed E-state index contributed by atoms with van der Waals surface area (Å²) in [5, 5.41) is 4.13. The van der Waals surface area contributed by atoms with Crippen LogP contribution in [0.5, 0.6) is 0 Å². The van der Waals surface area contributed by atoms with Crippen molar-refractivity contribution in [1.29, 1.82) is 0 Å². The molecule has 0 bridgehead atoms. The highest BCUT2D eigenvalue weighted by atomic mass is 15.3. The van der Waals surface area contributed by atoms with Crippen LogP contribution in [0.3, 0.4) is 0 Å². The largest absolute Gasteiger partial charge is 0.253 e. The summed E-state index contributed by atoms with van der Waals surface area (Å²) in [6.45, 7) is 8.00. The molecule has 0 radical (unpaired) electrons. The molecule has 1 aromatic rings. The molecular formula is C8H17N3. The normalized spacial score (nSPS) is 8.82. The zero-order valence-electron chi connectivity index (χ0n) is 8.05. The fourth-order valence-electron chi connectivity index (χ4n) is 0.677. The van der Waals surface area contributed by atoms with Crippen LogP contribution in [-0.4, -0.2) is 14.8 Å². The monoisotopic (exact) mass is 155 g/mol. The van der Waals surface area contributed by atoms with Crippen LogP contribution in [0.2, 0.25) is 0 Å². The number of hydrogen-bond acceptors (Lipinski definition) is 2. The lowest BCUT2D eigenvalue weighted by Gasteiger charge is -1.85. The van der Waals surface area contributed by atoms with Gasteiger partial charge in [0.2, 0.25) is 0 Å². The first-order valence-corrected chi connectivity index (χ1v) is 4.10. The van der Waals surface area contributed by atoms with Gasteiger partial charge in [0, 0.05) is 13.5 Å². The first-order chi connectivity index (χ1) is 5.24. The van der Waals surface area contributed by atoms with Gasteiger partial charge in [-0.15, -0.1) is 0 Å². The molecule has 0 aromatic carbocycles. The van der Waals surface area contributed by atoms with Crippen molar-refractivity contribution in [1.82, 2.24) is 14.8 Å². The molecule has 0 amide bonds. The van der Waals surface area contributed by atoms with E-state index in [1.807, 2.05) is 27.8 Å². The van der Waals surface area contributed by atoms with E-state index in [0.29, 0.717) is 0 Å². The Morgan fingerprint density at radius 2 is 1.91 bits per heavy atom. The number of hydrogen-bond donors (Lipinski definition) is 0. The van der Waals surface area contributed by atoms with E-state index < -0.39 is 0 Å². The van der Waals surface area contributed by atoms with Gasteiger partial charge in [0.05, 0.1) is 0 Å². The number of aromatic nitrogens is 3. The van der Waals surface area contributed by atoms with Gasteiger partial charge >= 0.3 is 0 Å². The first kappa shape index (κ1) is 10.1. The Labute approximate surface area is 68.5 Å². The van der Waals surface area contributed by atoms with Crippen LogP contribution in [0.15, 0.2) is 0 Å². The van der Waals surface area contributed by atoms with Gasteiger partial charge in [0.15, 0.2) is 5.82 Å². The molecule has 11 heavy (non-hydrogen) atoms. The predicted octanol–water partition coefficient (Wildman–Crippen LogP) is 1.71. The van der Waals surface area contributed by atoms with Gasteiger partial charge in [-0.1, -0.05) is 20.8 Å². The molecule has 3 nitrogen and oxygen atoms in total. The zero-order chi connectivity index (χ0) is 8.85. The minimum atomic E-state index is 0.918. The third-order valence-corrected chi connectivity index (χ3v) is 1.34. The minimum Gasteiger partial charge on any atom is -0.253 e. The van der Waals surface area contributed by atoms with Crippen LogP contribution in [0.4, 0.5) is 0 Å². The van der Waals surface area contributed by atoms with Crippen LogP contribution in [0.25, 0.3) is 0 Å². The molecule has 0 aliphatic rings. The van der Waals surface area contributed by atoms with E-state index in [9.17, 15) is 0 Å². The highest BCUT2D eigenvalue weighted by molar-refractivity contribution is 4.88. The Balaban J connectivity index is 0.000000461. The third-order valence-electron chi connectivity index (χ3n) is 1.34. The highest BCUT2D eigenvalue weighted by Gasteiger charge is 1.97. The quantitative estimate of drug-likeness (QED) is 0.618. The Hall–Kier alpha value is -0.860. The van der Waals surface area contributed by atoms with Gasteiger partial charge in [0.1, 0.15) is 5.82 Å². The molecule has 0 fully saturated rings. The molecule has 3 heteroatoms. The Morgan fingerprint density at radius 1 is 1.36 bits per heavy atom. The lowest BCUT2D eigenvalue weighted by Crippen LogP contribution is -1.92. The molecule has 0 spiro atoms. The van der Waals surface area contributed by atoms with E-state index in [1.54, 1.807) is 4.68 Å². The van der Waals surface area contributed by atoms with Gasteiger partial charge in [-0.2, -0.15) is 5.10 Å². The SMILES string of the molecule is CC.CCc1nc(C)n(C)n1. The number of aryl methyl sites for hydroxylation is 3. The van der Waals surface area contributed by atoms with Crippen molar-refractivity contribution in [2.75, 3.05) is 0 Å². The zero-order valence-corrected chi connectivity index (χ0v) is 8.05. The van der Waals surface area contributed by atoms with Crippen LogP contribution in [0, 0.1) is 6.92 Å². The van der Waals surface area contributed by atoms with Crippen molar-refractivity contribution in [3.05, 3.63) is 11.6 Å². The van der Waals surface area contributed by atoms with Crippen molar-refractivity contribution in [2.24, 2.45) is 7.05 Å². The molecule has 0 unspecified atom stereocenters. The molecule has 0 atom stereocenters. The van der Waals surface area contributed by atoms with Gasteiger partial charge in [0.25, 0.3) is 0 Å². The van der Waals surface area contributed by atoms with Crippen molar-refractivity contribution in [3.8, 4) is 0 Å². The summed E-state index contributed by atoms with van der Waals surface area (Å²) in [4.78, 5) is 4.18. The Morgan fingerprint density at radius 3 is 2.09 bits per heavy atom. The maximum absolute atomic E-state index is 4.18. The van der Waals surface area contributed by atoms with Crippen molar-refractivity contribution in [3.63, 3.8) is 0 Å². The van der Waals surface area contributed by atoms with Gasteiger partial charge < -0.3 is 0 Å². The van der Waals surface area contributed by atoms with Gasteiger partial charge in [-0.05, 0) is 6.92 Å². The van der Waals surface area contributed by atoms with E-state index in [4.69, 9.17) is 0 Å². The minimum absolute atomic E-state index is 0.918. The molecular weight excluding hydrogens is 138 g/mol. The van der Waals surface area contributed by atoms with Crippen LogP contribution >= 0.6 is 0 Å². The van der Waals surface area contributed by atoms with Crippen molar-refractivity contribution < 1.29 is 0 Å². The first-order valence-electron chi connectivity index (χ1n) is 4.10. The summed E-state index contributed by atoms with van der Waals surface area (Å²) in [5.74, 6) is 1.90. The number of rotatable bonds is 1. The second kappa shape index (κ2) is 4.88. The second-order valence-electron chi connectivity index (χ2n) is 2.05. The molecule has 64 valence electrons. The molecule has 0 N–H and O–H groups in total. The smallest absolute Gasteiger partial charge is 0.150 e. The molecule has 1 aromatic heterocycles. The summed E-state index contributed by atoms with van der Waals surface area (Å²) in [7, 11) is 1.90. The summed E-state index contributed by atoms with van der Waals surface area (Å²) in [6, 6.07) is 0. The number of nitrogens with zero attached hydrogens (tertiary/aromatic N) is 3. The maximum Gasteiger partial charge on any atom is 0.150 e. The topological polar surface area (TPSA) is 30.7 Å². The molecule has 0 aliphatic heterocycles. The fraction of sp³-hybridized carbons (Fsp3) is 0.750. The average molecular weight is 155 g/mol. The van der Waals surface area contributed by atoms with Crippen molar-refractivity contribution in [2.45, 2.75) is 34.1 Å². The Bertz CT molecular complexity index is 184. The third kappa shape index (κ3) is 2.70. The van der Waals surface area contributed by atoms with E-state index in [1.165, 1.54) is 0 Å². The second-order valence-corrected chi connectivity index (χ2v) is 2.05. The van der Waals surface area contributed by atoms with E-state index in [2.05, 4.69) is 17.0 Å². The van der Waals surface area contributed by atoms with Crippen LogP contribution < -0.4 is 0 Å². The highest BCUT2D eigenvalue weighted by Crippen LogP contribution is 1.93. The summed E-state index contributed by atoms with van der Waals surface area (Å²) >= 11 is 0. The standard InChI is InChI=1S/C6H11N3.C2H6/c1-4-6-7-5(2)9(3)8-6;1-2/h4H2,1-3H3;1-2H3. The van der Waals surface area contributed by atoms with Crippen molar-refractivity contribution >= 4 is 0 Å². The van der Waals surface area contributed by atoms with E-state index >= 15 is 0 Å². The van der Waals surface area contributed by atoms with Gasteiger partial charge in [-0.25, -0.2) is 4.98 Å². The Kier molecular flexibility index (Phi) is 4.50. The molecule has 0 saturated carbocycles. The lowest BCUT2D eigenvalue weighted by atomic mass is 10.5. The maximum atomic E-state index is 4.18. The van der Waals surface area contributed by atoms with E-state index in [0.717, 1.165) is 18.1 Å². The summed E-state index contributed by atoms with van der Waals surface area (Å²) < 4.78 is 1.79. The molecule has 0 aliphatic carbocycles. The van der Waals surface area contributed by atoms with Crippen LogP contribution in [0.1, 0.15) is 32.4 Å². The summed E-state index contributed by atoms with van der Waals surface area (Å²) in [6.07, 6.45) is 0.918. The predicted molar refractivity (Wildman–Crippen MR) is 46.5 cm³/mol. The average Bonchev–Trinajstić information content (AvgIpc) is 2.36. The van der Waals surface area contributed by atoms with Gasteiger partial charge in [-0.3, -0.25) is 4.68 Å². The molecule has 1 heterocycles. The van der Waals surface area contributed by atoms with Crippen LogP contribution in [-0.2, 0) is 13.5 Å². The lowest BCUT2D eigenvalue weighted by molar-refractivity contribution is 0.722. The van der Waals surface area contributed by atoms with E-state index in [-0.39, 0.29) is 0 Å². The molecule has 1 rings (SSSR count). The fourth-order valence-corrected chi connectivity index (χ4v) is 0.677.